The summed E-state index contributed by atoms with van der Waals surface area (Å²) < 4.78 is 0. The van der Waals surface area contributed by atoms with Gasteiger partial charge in [0, 0.05) is 6.54 Å². The number of aromatic nitrogens is 1. The second kappa shape index (κ2) is 5.54. The van der Waals surface area contributed by atoms with Crippen LogP contribution in [0, 0.1) is 11.8 Å². The van der Waals surface area contributed by atoms with Crippen LogP contribution in [0.2, 0.25) is 5.15 Å². The molecule has 0 spiro atoms. The summed E-state index contributed by atoms with van der Waals surface area (Å²) in [4.78, 5) is 4.06. The summed E-state index contributed by atoms with van der Waals surface area (Å²) in [5.74, 6) is 1.43. The number of halogens is 1. The molecule has 17 heavy (non-hydrogen) atoms. The molecule has 2 rings (SSSR count). The number of anilines is 1. The summed E-state index contributed by atoms with van der Waals surface area (Å²) in [6.07, 6.45) is 6.65. The molecule has 2 nitrogen and oxygen atoms in total. The minimum Gasteiger partial charge on any atom is -0.384 e. The minimum absolute atomic E-state index is 0.542. The molecule has 1 aliphatic rings. The van der Waals surface area contributed by atoms with Gasteiger partial charge in [-0.2, -0.15) is 0 Å². The van der Waals surface area contributed by atoms with Crippen LogP contribution in [0.3, 0.4) is 0 Å². The van der Waals surface area contributed by atoms with Crippen molar-refractivity contribution in [2.45, 2.75) is 26.7 Å². The molecule has 2 unspecified atom stereocenters. The van der Waals surface area contributed by atoms with Crippen LogP contribution >= 0.6 is 11.6 Å². The van der Waals surface area contributed by atoms with Crippen molar-refractivity contribution in [1.29, 1.82) is 0 Å². The van der Waals surface area contributed by atoms with Crippen molar-refractivity contribution in [3.8, 4) is 0 Å². The monoisotopic (exact) mass is 250 g/mol. The van der Waals surface area contributed by atoms with E-state index in [0.29, 0.717) is 11.1 Å². The first kappa shape index (κ1) is 12.4. The molecule has 2 atom stereocenters. The number of nitrogens with one attached hydrogen (secondary N) is 1. The Morgan fingerprint density at radius 1 is 1.47 bits per heavy atom. The van der Waals surface area contributed by atoms with Crippen molar-refractivity contribution in [1.82, 2.24) is 4.98 Å². The van der Waals surface area contributed by atoms with Gasteiger partial charge < -0.3 is 5.32 Å². The fourth-order valence-corrected chi connectivity index (χ4v) is 2.70. The first-order valence-corrected chi connectivity index (χ1v) is 6.54. The third-order valence-electron chi connectivity index (χ3n) is 3.21. The lowest BCUT2D eigenvalue weighted by Crippen LogP contribution is -2.20. The molecule has 1 N–H and O–H groups in total. The Labute approximate surface area is 108 Å². The van der Waals surface area contributed by atoms with Crippen LogP contribution in [0.15, 0.2) is 30.0 Å². The number of nitrogens with zero attached hydrogens (tertiary/aromatic N) is 1. The highest BCUT2D eigenvalue weighted by Crippen LogP contribution is 2.27. The number of rotatable bonds is 3. The summed E-state index contributed by atoms with van der Waals surface area (Å²) in [7, 11) is 0. The zero-order chi connectivity index (χ0) is 12.3. The van der Waals surface area contributed by atoms with Gasteiger partial charge in [-0.15, -0.1) is 0 Å². The Hall–Kier alpha value is -1.02. The van der Waals surface area contributed by atoms with Gasteiger partial charge in [-0.25, -0.2) is 4.98 Å². The molecule has 0 bridgehead atoms. The topological polar surface area (TPSA) is 24.9 Å². The Balaban J connectivity index is 1.86. The Morgan fingerprint density at radius 2 is 2.29 bits per heavy atom. The quantitative estimate of drug-likeness (QED) is 0.644. The first-order valence-electron chi connectivity index (χ1n) is 6.16. The van der Waals surface area contributed by atoms with E-state index in [2.05, 4.69) is 30.2 Å². The van der Waals surface area contributed by atoms with Gasteiger partial charge in [-0.1, -0.05) is 30.2 Å². The van der Waals surface area contributed by atoms with Gasteiger partial charge in [-0.05, 0) is 43.7 Å². The summed E-state index contributed by atoms with van der Waals surface area (Å²) >= 11 is 5.75. The Morgan fingerprint density at radius 3 is 2.94 bits per heavy atom. The van der Waals surface area contributed by atoms with E-state index in [-0.39, 0.29) is 0 Å². The van der Waals surface area contributed by atoms with Crippen LogP contribution in [-0.4, -0.2) is 11.5 Å². The van der Waals surface area contributed by atoms with Crippen LogP contribution in [-0.2, 0) is 0 Å². The molecule has 1 aliphatic carbocycles. The third-order valence-corrected chi connectivity index (χ3v) is 3.43. The number of pyridine rings is 1. The molecule has 0 radical (unpaired) electrons. The van der Waals surface area contributed by atoms with Crippen LogP contribution in [0.1, 0.15) is 26.7 Å². The highest BCUT2D eigenvalue weighted by molar-refractivity contribution is 6.29. The van der Waals surface area contributed by atoms with E-state index in [0.717, 1.165) is 18.2 Å². The second-order valence-corrected chi connectivity index (χ2v) is 5.43. The van der Waals surface area contributed by atoms with Crippen molar-refractivity contribution >= 4 is 17.3 Å². The smallest absolute Gasteiger partial charge is 0.129 e. The number of allylic oxidation sites excluding steroid dienone is 2. The normalized spacial score (nSPS) is 24.3. The maximum Gasteiger partial charge on any atom is 0.129 e. The fourth-order valence-electron chi connectivity index (χ4n) is 2.58. The molecule has 0 saturated heterocycles. The lowest BCUT2D eigenvalue weighted by molar-refractivity contribution is 0.421. The van der Waals surface area contributed by atoms with Gasteiger partial charge in [0.15, 0.2) is 0 Å². The average Bonchev–Trinajstić information content (AvgIpc) is 2.27. The highest BCUT2D eigenvalue weighted by atomic mass is 35.5. The van der Waals surface area contributed by atoms with Crippen molar-refractivity contribution in [2.75, 3.05) is 11.9 Å². The number of hydrogen-bond acceptors (Lipinski definition) is 2. The van der Waals surface area contributed by atoms with Crippen LogP contribution in [0.25, 0.3) is 0 Å². The maximum absolute atomic E-state index is 5.75. The molecule has 0 fully saturated rings. The van der Waals surface area contributed by atoms with Crippen LogP contribution in [0.5, 0.6) is 0 Å². The molecule has 92 valence electrons. The van der Waals surface area contributed by atoms with Gasteiger partial charge in [0.2, 0.25) is 0 Å². The lowest BCUT2D eigenvalue weighted by atomic mass is 9.84. The van der Waals surface area contributed by atoms with Crippen molar-refractivity contribution in [3.05, 3.63) is 35.1 Å². The predicted octanol–water partition coefficient (Wildman–Crippen LogP) is 4.14. The Kier molecular flexibility index (Phi) is 4.06. The summed E-state index contributed by atoms with van der Waals surface area (Å²) in [6.45, 7) is 5.53. The van der Waals surface area contributed by atoms with E-state index in [4.69, 9.17) is 11.6 Å². The maximum atomic E-state index is 5.75. The van der Waals surface area contributed by atoms with Crippen molar-refractivity contribution < 1.29 is 0 Å². The fraction of sp³-hybridized carbons (Fsp3) is 0.500. The number of hydrogen-bond donors (Lipinski definition) is 1. The third kappa shape index (κ3) is 3.74. The van der Waals surface area contributed by atoms with E-state index < -0.39 is 0 Å². The Bertz CT molecular complexity index is 397. The van der Waals surface area contributed by atoms with Crippen LogP contribution in [0.4, 0.5) is 5.69 Å². The highest BCUT2D eigenvalue weighted by Gasteiger charge is 2.17. The summed E-state index contributed by atoms with van der Waals surface area (Å²) in [5.41, 5.74) is 2.57. The molecule has 3 heteroatoms. The van der Waals surface area contributed by atoms with Gasteiger partial charge in [0.1, 0.15) is 5.15 Å². The molecule has 0 aromatic carbocycles. The van der Waals surface area contributed by atoms with Gasteiger partial charge in [0.05, 0.1) is 11.9 Å². The minimum atomic E-state index is 0.542. The van der Waals surface area contributed by atoms with Gasteiger partial charge in [-0.3, -0.25) is 0 Å². The average molecular weight is 251 g/mol. The van der Waals surface area contributed by atoms with E-state index in [1.165, 1.54) is 18.4 Å². The second-order valence-electron chi connectivity index (χ2n) is 5.05. The molecule has 0 saturated carbocycles. The zero-order valence-electron chi connectivity index (χ0n) is 10.4. The summed E-state index contributed by atoms with van der Waals surface area (Å²) in [6, 6.07) is 3.79. The molecular weight excluding hydrogens is 232 g/mol. The van der Waals surface area contributed by atoms with Crippen LogP contribution < -0.4 is 5.32 Å². The summed E-state index contributed by atoms with van der Waals surface area (Å²) in [5, 5.41) is 3.98. The standard InChI is InChI=1S/C14H19ClN2/c1-10-5-11(2)7-12(6-10)8-16-13-3-4-14(15)17-9-13/h3-5,9-10,12,16H,6-8H2,1-2H3. The van der Waals surface area contributed by atoms with Crippen molar-refractivity contribution in [3.63, 3.8) is 0 Å². The molecule has 0 aliphatic heterocycles. The van der Waals surface area contributed by atoms with E-state index in [9.17, 15) is 0 Å². The van der Waals surface area contributed by atoms with E-state index >= 15 is 0 Å². The van der Waals surface area contributed by atoms with E-state index in [1.54, 1.807) is 6.20 Å². The van der Waals surface area contributed by atoms with E-state index in [1.807, 2.05) is 12.1 Å². The molecule has 1 aromatic heterocycles. The van der Waals surface area contributed by atoms with Crippen molar-refractivity contribution in [2.24, 2.45) is 11.8 Å². The molecular formula is C14H19ClN2. The predicted molar refractivity (Wildman–Crippen MR) is 73.4 cm³/mol. The zero-order valence-corrected chi connectivity index (χ0v) is 11.2. The lowest BCUT2D eigenvalue weighted by Gasteiger charge is -2.25. The largest absolute Gasteiger partial charge is 0.384 e. The first-order chi connectivity index (χ1) is 8.13. The molecule has 1 heterocycles. The SMILES string of the molecule is CC1=CC(C)CC(CNc2ccc(Cl)nc2)C1. The molecule has 0 amide bonds. The van der Waals surface area contributed by atoms with Gasteiger partial charge in [0.25, 0.3) is 0 Å². The molecule has 1 aromatic rings. The van der Waals surface area contributed by atoms with Gasteiger partial charge >= 0.3 is 0 Å².